The van der Waals surface area contributed by atoms with Crippen LogP contribution in [0.25, 0.3) is 0 Å². The summed E-state index contributed by atoms with van der Waals surface area (Å²) in [7, 11) is 0. The lowest BCUT2D eigenvalue weighted by atomic mass is 9.90. The Morgan fingerprint density at radius 1 is 1.19 bits per heavy atom. The summed E-state index contributed by atoms with van der Waals surface area (Å²) < 4.78 is 57.2. The van der Waals surface area contributed by atoms with Crippen molar-refractivity contribution < 1.29 is 22.3 Å². The van der Waals surface area contributed by atoms with E-state index in [2.05, 4.69) is 5.32 Å². The molecular formula is C15H21F4NO. The SMILES string of the molecule is CCNC(c1ccc(C(F)(F)F)c(F)c1)C(C)(C)OCC. The first-order valence-corrected chi connectivity index (χ1v) is 6.87. The van der Waals surface area contributed by atoms with Gasteiger partial charge in [0.1, 0.15) is 5.82 Å². The number of hydrogen-bond acceptors (Lipinski definition) is 2. The maximum absolute atomic E-state index is 13.7. The van der Waals surface area contributed by atoms with Gasteiger partial charge in [0.15, 0.2) is 0 Å². The monoisotopic (exact) mass is 307 g/mol. The Kier molecular flexibility index (Phi) is 5.75. The summed E-state index contributed by atoms with van der Waals surface area (Å²) >= 11 is 0. The van der Waals surface area contributed by atoms with Crippen molar-refractivity contribution in [3.05, 3.63) is 35.1 Å². The van der Waals surface area contributed by atoms with Crippen molar-refractivity contribution in [1.29, 1.82) is 0 Å². The van der Waals surface area contributed by atoms with Gasteiger partial charge in [0.25, 0.3) is 0 Å². The summed E-state index contributed by atoms with van der Waals surface area (Å²) in [5, 5.41) is 3.14. The maximum atomic E-state index is 13.7. The molecule has 0 radical (unpaired) electrons. The van der Waals surface area contributed by atoms with Crippen molar-refractivity contribution in [3.8, 4) is 0 Å². The van der Waals surface area contributed by atoms with Crippen molar-refractivity contribution in [2.24, 2.45) is 0 Å². The van der Waals surface area contributed by atoms with Crippen LogP contribution in [0.2, 0.25) is 0 Å². The molecule has 120 valence electrons. The molecular weight excluding hydrogens is 286 g/mol. The van der Waals surface area contributed by atoms with Crippen molar-refractivity contribution in [1.82, 2.24) is 5.32 Å². The Bertz CT molecular complexity index is 471. The second-order valence-electron chi connectivity index (χ2n) is 5.26. The maximum Gasteiger partial charge on any atom is 0.419 e. The Morgan fingerprint density at radius 2 is 1.81 bits per heavy atom. The Labute approximate surface area is 122 Å². The number of likely N-dealkylation sites (N-methyl/N-ethyl adjacent to an activating group) is 1. The molecule has 0 aliphatic rings. The van der Waals surface area contributed by atoms with Gasteiger partial charge in [-0.2, -0.15) is 13.2 Å². The van der Waals surface area contributed by atoms with Gasteiger partial charge < -0.3 is 10.1 Å². The minimum atomic E-state index is -4.69. The average molecular weight is 307 g/mol. The molecule has 0 fully saturated rings. The van der Waals surface area contributed by atoms with Crippen molar-refractivity contribution >= 4 is 0 Å². The van der Waals surface area contributed by atoms with Crippen LogP contribution in [0.15, 0.2) is 18.2 Å². The Hall–Kier alpha value is -1.14. The molecule has 1 aromatic rings. The number of halogens is 4. The first kappa shape index (κ1) is 17.9. The highest BCUT2D eigenvalue weighted by Crippen LogP contribution is 2.35. The normalized spacial score (nSPS) is 14.3. The van der Waals surface area contributed by atoms with Gasteiger partial charge in [-0.1, -0.05) is 13.0 Å². The molecule has 0 bridgehead atoms. The van der Waals surface area contributed by atoms with Gasteiger partial charge in [-0.05, 0) is 45.0 Å². The molecule has 1 unspecified atom stereocenters. The van der Waals surface area contributed by atoms with E-state index in [0.717, 1.165) is 12.1 Å². The number of nitrogens with one attached hydrogen (secondary N) is 1. The van der Waals surface area contributed by atoms with E-state index in [1.54, 1.807) is 0 Å². The minimum Gasteiger partial charge on any atom is -0.374 e. The van der Waals surface area contributed by atoms with E-state index in [4.69, 9.17) is 4.74 Å². The molecule has 1 N–H and O–H groups in total. The number of ether oxygens (including phenoxy) is 1. The van der Waals surface area contributed by atoms with Crippen LogP contribution >= 0.6 is 0 Å². The van der Waals surface area contributed by atoms with Crippen LogP contribution in [0, 0.1) is 5.82 Å². The van der Waals surface area contributed by atoms with Crippen LogP contribution < -0.4 is 5.32 Å². The predicted octanol–water partition coefficient (Wildman–Crippen LogP) is 4.31. The fraction of sp³-hybridized carbons (Fsp3) is 0.600. The molecule has 0 aromatic heterocycles. The van der Waals surface area contributed by atoms with Gasteiger partial charge in [-0.15, -0.1) is 0 Å². The van der Waals surface area contributed by atoms with Crippen LogP contribution in [0.3, 0.4) is 0 Å². The van der Waals surface area contributed by atoms with E-state index in [1.807, 2.05) is 27.7 Å². The Balaban J connectivity index is 3.19. The lowest BCUT2D eigenvalue weighted by Crippen LogP contribution is -2.41. The molecule has 0 amide bonds. The fourth-order valence-electron chi connectivity index (χ4n) is 2.37. The van der Waals surface area contributed by atoms with Gasteiger partial charge in [0.2, 0.25) is 0 Å². The summed E-state index contributed by atoms with van der Waals surface area (Å²) in [6.45, 7) is 8.38. The van der Waals surface area contributed by atoms with Crippen LogP contribution in [-0.4, -0.2) is 18.8 Å². The molecule has 1 rings (SSSR count). The largest absolute Gasteiger partial charge is 0.419 e. The lowest BCUT2D eigenvalue weighted by Gasteiger charge is -2.35. The van der Waals surface area contributed by atoms with E-state index >= 15 is 0 Å². The van der Waals surface area contributed by atoms with Gasteiger partial charge in [-0.3, -0.25) is 0 Å². The summed E-state index contributed by atoms with van der Waals surface area (Å²) in [6.07, 6.45) is -4.69. The topological polar surface area (TPSA) is 21.3 Å². The highest BCUT2D eigenvalue weighted by atomic mass is 19.4. The van der Waals surface area contributed by atoms with E-state index in [9.17, 15) is 17.6 Å². The highest BCUT2D eigenvalue weighted by Gasteiger charge is 2.36. The zero-order valence-electron chi connectivity index (χ0n) is 12.6. The Morgan fingerprint density at radius 3 is 2.24 bits per heavy atom. The average Bonchev–Trinajstić information content (AvgIpc) is 2.33. The molecule has 0 heterocycles. The van der Waals surface area contributed by atoms with Gasteiger partial charge in [0.05, 0.1) is 17.2 Å². The van der Waals surface area contributed by atoms with Crippen LogP contribution in [-0.2, 0) is 10.9 Å². The third kappa shape index (κ3) is 4.41. The molecule has 0 saturated heterocycles. The summed E-state index contributed by atoms with van der Waals surface area (Å²) in [6, 6.07) is 2.59. The summed E-state index contributed by atoms with van der Waals surface area (Å²) in [4.78, 5) is 0. The van der Waals surface area contributed by atoms with Gasteiger partial charge in [-0.25, -0.2) is 4.39 Å². The molecule has 2 nitrogen and oxygen atoms in total. The second kappa shape index (κ2) is 6.75. The van der Waals surface area contributed by atoms with E-state index in [1.165, 1.54) is 6.07 Å². The minimum absolute atomic E-state index is 0.403. The molecule has 21 heavy (non-hydrogen) atoms. The van der Waals surface area contributed by atoms with Crippen LogP contribution in [0.5, 0.6) is 0 Å². The van der Waals surface area contributed by atoms with Crippen LogP contribution in [0.1, 0.15) is 44.9 Å². The van der Waals surface area contributed by atoms with Crippen LogP contribution in [0.4, 0.5) is 17.6 Å². The fourth-order valence-corrected chi connectivity index (χ4v) is 2.37. The molecule has 0 aliphatic carbocycles. The molecule has 0 saturated carbocycles. The summed E-state index contributed by atoms with van der Waals surface area (Å²) in [5.74, 6) is -1.27. The first-order chi connectivity index (χ1) is 9.63. The number of rotatable bonds is 6. The summed E-state index contributed by atoms with van der Waals surface area (Å²) in [5.41, 5.74) is -1.49. The molecule has 6 heteroatoms. The van der Waals surface area contributed by atoms with Gasteiger partial charge >= 0.3 is 6.18 Å². The van der Waals surface area contributed by atoms with Gasteiger partial charge in [0, 0.05) is 6.61 Å². The molecule has 0 spiro atoms. The molecule has 0 aliphatic heterocycles. The number of hydrogen-bond donors (Lipinski definition) is 1. The quantitative estimate of drug-likeness (QED) is 0.791. The third-order valence-electron chi connectivity index (χ3n) is 3.25. The second-order valence-corrected chi connectivity index (χ2v) is 5.26. The predicted molar refractivity (Wildman–Crippen MR) is 73.5 cm³/mol. The lowest BCUT2D eigenvalue weighted by molar-refractivity contribution is -0.140. The zero-order valence-corrected chi connectivity index (χ0v) is 12.6. The first-order valence-electron chi connectivity index (χ1n) is 6.87. The third-order valence-corrected chi connectivity index (χ3v) is 3.25. The van der Waals surface area contributed by atoms with Crippen molar-refractivity contribution in [2.45, 2.75) is 45.5 Å². The standard InChI is InChI=1S/C15H21F4NO/c1-5-20-13(14(3,4)21-6-2)10-7-8-11(12(16)9-10)15(17,18)19/h7-9,13,20H,5-6H2,1-4H3. The number of benzene rings is 1. The van der Waals surface area contributed by atoms with E-state index in [0.29, 0.717) is 18.7 Å². The highest BCUT2D eigenvalue weighted by molar-refractivity contribution is 5.30. The van der Waals surface area contributed by atoms with Crippen molar-refractivity contribution in [2.75, 3.05) is 13.2 Å². The van der Waals surface area contributed by atoms with E-state index < -0.39 is 29.2 Å². The zero-order chi connectivity index (χ0) is 16.3. The van der Waals surface area contributed by atoms with E-state index in [-0.39, 0.29) is 0 Å². The smallest absolute Gasteiger partial charge is 0.374 e. The molecule has 1 aromatic carbocycles. The molecule has 1 atom stereocenters. The van der Waals surface area contributed by atoms with Crippen molar-refractivity contribution in [3.63, 3.8) is 0 Å². The number of alkyl halides is 3.